The van der Waals surface area contributed by atoms with Crippen LogP contribution in [-0.4, -0.2) is 53.6 Å². The highest BCUT2D eigenvalue weighted by Gasteiger charge is 2.28. The molecule has 2 N–H and O–H groups in total. The van der Waals surface area contributed by atoms with Crippen LogP contribution in [0.25, 0.3) is 22.3 Å². The second kappa shape index (κ2) is 8.65. The van der Waals surface area contributed by atoms with Gasteiger partial charge in [0.05, 0.1) is 11.4 Å². The number of carbonyl (C=O) groups excluding carboxylic acids is 1. The van der Waals surface area contributed by atoms with Gasteiger partial charge >= 0.3 is 6.01 Å². The first kappa shape index (κ1) is 20.6. The van der Waals surface area contributed by atoms with Gasteiger partial charge in [-0.25, -0.2) is 24.6 Å². The molecule has 1 amide bonds. The molecule has 33 heavy (non-hydrogen) atoms. The van der Waals surface area contributed by atoms with E-state index in [1.165, 1.54) is 12.4 Å². The minimum Gasteiger partial charge on any atom is -0.424 e. The number of amides is 1. The Morgan fingerprint density at radius 2 is 1.94 bits per heavy atom. The van der Waals surface area contributed by atoms with E-state index < -0.39 is 0 Å². The Balaban J connectivity index is 1.50. The lowest BCUT2D eigenvalue weighted by Crippen LogP contribution is -2.40. The normalized spacial score (nSPS) is 16.0. The zero-order valence-electron chi connectivity index (χ0n) is 17.8. The summed E-state index contributed by atoms with van der Waals surface area (Å²) < 4.78 is 7.52. The minimum absolute atomic E-state index is 0.0465. The molecule has 10 heteroatoms. The Labute approximate surface area is 189 Å². The highest BCUT2D eigenvalue weighted by molar-refractivity contribution is 5.98. The van der Waals surface area contributed by atoms with Gasteiger partial charge in [0.2, 0.25) is 5.91 Å². The number of aromatic nitrogens is 6. The molecule has 10 nitrogen and oxygen atoms in total. The summed E-state index contributed by atoms with van der Waals surface area (Å²) >= 11 is 0. The molecule has 3 aromatic heterocycles. The molecule has 1 fully saturated rings. The maximum Gasteiger partial charge on any atom is 0.321 e. The Morgan fingerprint density at radius 1 is 1.15 bits per heavy atom. The maximum absolute atomic E-state index is 12.2. The summed E-state index contributed by atoms with van der Waals surface area (Å²) in [6.45, 7) is 4.81. The number of ether oxygens (including phenoxy) is 1. The summed E-state index contributed by atoms with van der Waals surface area (Å²) in [4.78, 5) is 31.2. The number of carbonyl (C=O) groups is 1. The number of nitrogens with two attached hydrogens (primary N) is 1. The first-order valence-corrected chi connectivity index (χ1v) is 10.6. The molecule has 0 saturated carbocycles. The van der Waals surface area contributed by atoms with Gasteiger partial charge < -0.3 is 15.4 Å². The number of likely N-dealkylation sites (tertiary alicyclic amines) is 1. The van der Waals surface area contributed by atoms with Crippen LogP contribution in [0.15, 0.2) is 61.7 Å². The van der Waals surface area contributed by atoms with Gasteiger partial charge in [0.1, 0.15) is 23.6 Å². The molecule has 0 radical (unpaired) electrons. The van der Waals surface area contributed by atoms with Crippen molar-refractivity contribution < 1.29 is 9.53 Å². The maximum atomic E-state index is 12.2. The number of para-hydroxylation sites is 1. The molecule has 1 aromatic carbocycles. The van der Waals surface area contributed by atoms with Crippen molar-refractivity contribution in [3.05, 3.63) is 61.7 Å². The Kier molecular flexibility index (Phi) is 5.39. The van der Waals surface area contributed by atoms with Gasteiger partial charge in [0.25, 0.3) is 0 Å². The molecule has 1 atom stereocenters. The highest BCUT2D eigenvalue weighted by Crippen LogP contribution is 2.33. The third kappa shape index (κ3) is 3.98. The Morgan fingerprint density at radius 3 is 2.70 bits per heavy atom. The van der Waals surface area contributed by atoms with Crippen molar-refractivity contribution in [3.8, 4) is 23.0 Å². The van der Waals surface area contributed by atoms with Crippen LogP contribution in [-0.2, 0) is 4.79 Å². The van der Waals surface area contributed by atoms with Gasteiger partial charge in [-0.1, -0.05) is 24.8 Å². The van der Waals surface area contributed by atoms with E-state index >= 15 is 0 Å². The van der Waals surface area contributed by atoms with Gasteiger partial charge in [-0.05, 0) is 31.1 Å². The van der Waals surface area contributed by atoms with Crippen LogP contribution in [0, 0.1) is 0 Å². The third-order valence-corrected chi connectivity index (χ3v) is 5.60. The SMILES string of the molecule is C=CC(=O)N1CCCC(n2nc(-c3cnc(Oc4ccccc4)nc3)c3c(N)ncnc32)C1. The largest absolute Gasteiger partial charge is 0.424 e. The van der Waals surface area contributed by atoms with E-state index in [1.807, 2.05) is 35.0 Å². The number of hydrogen-bond donors (Lipinski definition) is 1. The second-order valence-electron chi connectivity index (χ2n) is 7.70. The second-order valence-corrected chi connectivity index (χ2v) is 7.70. The number of nitrogen functional groups attached to an aromatic ring is 1. The molecule has 1 unspecified atom stereocenters. The van der Waals surface area contributed by atoms with Crippen LogP contribution in [0.2, 0.25) is 0 Å². The van der Waals surface area contributed by atoms with E-state index in [1.54, 1.807) is 17.3 Å². The molecule has 166 valence electrons. The van der Waals surface area contributed by atoms with Crippen molar-refractivity contribution in [2.75, 3.05) is 18.8 Å². The van der Waals surface area contributed by atoms with Crippen molar-refractivity contribution in [3.63, 3.8) is 0 Å². The van der Waals surface area contributed by atoms with E-state index in [-0.39, 0.29) is 18.0 Å². The number of piperidine rings is 1. The number of fused-ring (bicyclic) bond motifs is 1. The van der Waals surface area contributed by atoms with Crippen molar-refractivity contribution in [1.29, 1.82) is 0 Å². The van der Waals surface area contributed by atoms with Gasteiger partial charge in [-0.15, -0.1) is 0 Å². The summed E-state index contributed by atoms with van der Waals surface area (Å²) in [6, 6.07) is 9.49. The van der Waals surface area contributed by atoms with Crippen molar-refractivity contribution in [2.45, 2.75) is 18.9 Å². The molecule has 0 spiro atoms. The molecule has 4 aromatic rings. The van der Waals surface area contributed by atoms with Crippen LogP contribution < -0.4 is 10.5 Å². The number of rotatable bonds is 5. The van der Waals surface area contributed by atoms with Crippen molar-refractivity contribution >= 4 is 22.8 Å². The summed E-state index contributed by atoms with van der Waals surface area (Å²) in [5.74, 6) is 0.877. The molecule has 5 rings (SSSR count). The number of benzene rings is 1. The van der Waals surface area contributed by atoms with Gasteiger partial charge in [0, 0.05) is 31.0 Å². The zero-order valence-corrected chi connectivity index (χ0v) is 17.8. The van der Waals surface area contributed by atoms with Crippen LogP contribution in [0.1, 0.15) is 18.9 Å². The predicted molar refractivity (Wildman–Crippen MR) is 122 cm³/mol. The monoisotopic (exact) mass is 442 g/mol. The van der Waals surface area contributed by atoms with Gasteiger partial charge in [-0.3, -0.25) is 4.79 Å². The molecular formula is C23H22N8O2. The smallest absolute Gasteiger partial charge is 0.321 e. The van der Waals surface area contributed by atoms with E-state index in [9.17, 15) is 4.79 Å². The summed E-state index contributed by atoms with van der Waals surface area (Å²) in [5, 5.41) is 5.46. The van der Waals surface area contributed by atoms with E-state index in [4.69, 9.17) is 15.6 Å². The fourth-order valence-electron chi connectivity index (χ4n) is 4.02. The minimum atomic E-state index is -0.0899. The quantitative estimate of drug-likeness (QED) is 0.468. The molecule has 0 aliphatic carbocycles. The molecule has 1 aliphatic heterocycles. The predicted octanol–water partition coefficient (Wildman–Crippen LogP) is 3.01. The first-order chi connectivity index (χ1) is 16.1. The fraction of sp³-hybridized carbons (Fsp3) is 0.217. The third-order valence-electron chi connectivity index (χ3n) is 5.60. The number of hydrogen-bond acceptors (Lipinski definition) is 8. The summed E-state index contributed by atoms with van der Waals surface area (Å²) in [7, 11) is 0. The lowest BCUT2D eigenvalue weighted by atomic mass is 10.1. The lowest BCUT2D eigenvalue weighted by molar-refractivity contribution is -0.127. The van der Waals surface area contributed by atoms with E-state index in [0.717, 1.165) is 12.8 Å². The molecule has 0 bridgehead atoms. The topological polar surface area (TPSA) is 125 Å². The average Bonchev–Trinajstić information content (AvgIpc) is 3.26. The number of nitrogens with zero attached hydrogens (tertiary/aromatic N) is 7. The van der Waals surface area contributed by atoms with Gasteiger partial charge in [-0.2, -0.15) is 5.10 Å². The Bertz CT molecular complexity index is 1300. The number of anilines is 1. The van der Waals surface area contributed by atoms with Crippen LogP contribution in [0.4, 0.5) is 5.82 Å². The molecular weight excluding hydrogens is 420 g/mol. The highest BCUT2D eigenvalue weighted by atomic mass is 16.5. The van der Waals surface area contributed by atoms with Crippen molar-refractivity contribution in [1.82, 2.24) is 34.6 Å². The van der Waals surface area contributed by atoms with E-state index in [0.29, 0.717) is 46.9 Å². The summed E-state index contributed by atoms with van der Waals surface area (Å²) in [5.41, 5.74) is 8.08. The Hall–Kier alpha value is -4.34. The van der Waals surface area contributed by atoms with Gasteiger partial charge in [0.15, 0.2) is 5.65 Å². The molecule has 1 saturated heterocycles. The standard InChI is InChI=1S/C23H22N8O2/c1-2-18(32)30-10-6-7-16(13-30)31-22-19(21(24)27-14-28-22)20(29-31)15-11-25-23(26-12-15)33-17-8-4-3-5-9-17/h2-5,8-9,11-12,14,16H,1,6-7,10,13H2,(H2,24,27,28). The summed E-state index contributed by atoms with van der Waals surface area (Å²) in [6.07, 6.45) is 7.75. The van der Waals surface area contributed by atoms with Crippen molar-refractivity contribution in [2.24, 2.45) is 0 Å². The fourth-order valence-corrected chi connectivity index (χ4v) is 4.02. The van der Waals surface area contributed by atoms with E-state index in [2.05, 4.69) is 26.5 Å². The lowest BCUT2D eigenvalue weighted by Gasteiger charge is -2.32. The van der Waals surface area contributed by atoms with Crippen LogP contribution in [0.5, 0.6) is 11.8 Å². The van der Waals surface area contributed by atoms with Crippen LogP contribution >= 0.6 is 0 Å². The molecule has 4 heterocycles. The zero-order chi connectivity index (χ0) is 22.8. The first-order valence-electron chi connectivity index (χ1n) is 10.6. The average molecular weight is 442 g/mol. The molecule has 1 aliphatic rings. The van der Waals surface area contributed by atoms with Crippen LogP contribution in [0.3, 0.4) is 0 Å².